The molecule has 0 radical (unpaired) electrons. The maximum Gasteiger partial charge on any atom is 0.363 e. The van der Waals surface area contributed by atoms with E-state index in [2.05, 4.69) is 4.99 Å². The van der Waals surface area contributed by atoms with Crippen LogP contribution in [0, 0.1) is 6.92 Å². The van der Waals surface area contributed by atoms with Crippen molar-refractivity contribution in [3.8, 4) is 0 Å². The molecule has 0 fully saturated rings. The number of carbonyl (C=O) groups excluding carboxylic acids is 1. The first-order valence-electron chi connectivity index (χ1n) is 6.07. The summed E-state index contributed by atoms with van der Waals surface area (Å²) in [5.74, 6) is 0.842. The standard InChI is InChI=1S/C15H9Cl2NO3/c1-8-2-4-10(20-8)7-13-15(19)21-14(18-13)11-6-9(16)3-5-12(11)17/h2-7H,1H3/b13-7+. The summed E-state index contributed by atoms with van der Waals surface area (Å²) >= 11 is 12.0. The number of nitrogens with zero attached hydrogens (tertiary/aromatic N) is 1. The lowest BCUT2D eigenvalue weighted by Gasteiger charge is -2.02. The normalized spacial score (nSPS) is 16.2. The molecule has 0 saturated heterocycles. The number of benzene rings is 1. The Labute approximate surface area is 130 Å². The minimum Gasteiger partial charge on any atom is -0.462 e. The molecule has 1 aromatic heterocycles. The quantitative estimate of drug-likeness (QED) is 0.614. The largest absolute Gasteiger partial charge is 0.462 e. The van der Waals surface area contributed by atoms with E-state index in [1.54, 1.807) is 30.3 Å². The molecule has 0 spiro atoms. The average Bonchev–Trinajstić information content (AvgIpc) is 3.00. The predicted molar refractivity (Wildman–Crippen MR) is 80.5 cm³/mol. The van der Waals surface area contributed by atoms with Crippen molar-refractivity contribution >= 4 is 41.1 Å². The molecule has 21 heavy (non-hydrogen) atoms. The summed E-state index contributed by atoms with van der Waals surface area (Å²) in [6, 6.07) is 8.40. The van der Waals surface area contributed by atoms with E-state index < -0.39 is 5.97 Å². The Balaban J connectivity index is 1.99. The Bertz CT molecular complexity index is 790. The van der Waals surface area contributed by atoms with Crippen LogP contribution < -0.4 is 0 Å². The summed E-state index contributed by atoms with van der Waals surface area (Å²) < 4.78 is 10.5. The lowest BCUT2D eigenvalue weighted by atomic mass is 10.2. The Kier molecular flexibility index (Phi) is 3.57. The number of halogens is 2. The number of rotatable bonds is 2. The van der Waals surface area contributed by atoms with Crippen molar-refractivity contribution in [3.05, 3.63) is 63.2 Å². The van der Waals surface area contributed by atoms with Crippen LogP contribution >= 0.6 is 23.2 Å². The average molecular weight is 322 g/mol. The molecule has 106 valence electrons. The van der Waals surface area contributed by atoms with Crippen LogP contribution in [0.5, 0.6) is 0 Å². The van der Waals surface area contributed by atoms with Gasteiger partial charge in [0.15, 0.2) is 5.70 Å². The van der Waals surface area contributed by atoms with Crippen LogP contribution in [-0.4, -0.2) is 11.9 Å². The highest BCUT2D eigenvalue weighted by atomic mass is 35.5. The molecule has 1 aromatic carbocycles. The highest BCUT2D eigenvalue weighted by molar-refractivity contribution is 6.36. The van der Waals surface area contributed by atoms with Crippen molar-refractivity contribution in [1.82, 2.24) is 0 Å². The van der Waals surface area contributed by atoms with Gasteiger partial charge in [0, 0.05) is 11.1 Å². The summed E-state index contributed by atoms with van der Waals surface area (Å²) in [4.78, 5) is 16.0. The third kappa shape index (κ3) is 2.86. The van der Waals surface area contributed by atoms with Crippen molar-refractivity contribution in [2.45, 2.75) is 6.92 Å². The van der Waals surface area contributed by atoms with E-state index in [1.165, 1.54) is 6.08 Å². The molecule has 6 heteroatoms. The smallest absolute Gasteiger partial charge is 0.363 e. The number of cyclic esters (lactones) is 1. The maximum absolute atomic E-state index is 11.8. The predicted octanol–water partition coefficient (Wildman–Crippen LogP) is 4.24. The molecule has 4 nitrogen and oxygen atoms in total. The number of carbonyl (C=O) groups is 1. The fraction of sp³-hybridized carbons (Fsp3) is 0.0667. The first-order chi connectivity index (χ1) is 10.0. The second-order valence-corrected chi connectivity index (χ2v) is 5.25. The van der Waals surface area contributed by atoms with E-state index >= 15 is 0 Å². The molecule has 1 aliphatic heterocycles. The van der Waals surface area contributed by atoms with Gasteiger partial charge in [-0.25, -0.2) is 9.79 Å². The zero-order chi connectivity index (χ0) is 15.0. The van der Waals surface area contributed by atoms with Crippen LogP contribution in [0.3, 0.4) is 0 Å². The summed E-state index contributed by atoms with van der Waals surface area (Å²) in [5.41, 5.74) is 0.618. The van der Waals surface area contributed by atoms with Crippen molar-refractivity contribution < 1.29 is 13.9 Å². The number of hydrogen-bond donors (Lipinski definition) is 0. The monoisotopic (exact) mass is 321 g/mol. The summed E-state index contributed by atoms with van der Waals surface area (Å²) in [7, 11) is 0. The minimum absolute atomic E-state index is 0.127. The summed E-state index contributed by atoms with van der Waals surface area (Å²) in [5, 5.41) is 0.883. The fourth-order valence-corrected chi connectivity index (χ4v) is 2.22. The van der Waals surface area contributed by atoms with E-state index in [4.69, 9.17) is 32.4 Å². The van der Waals surface area contributed by atoms with Crippen LogP contribution in [0.25, 0.3) is 6.08 Å². The van der Waals surface area contributed by atoms with Crippen LogP contribution in [0.2, 0.25) is 10.0 Å². The first-order valence-corrected chi connectivity index (χ1v) is 6.83. The van der Waals surface area contributed by atoms with E-state index in [9.17, 15) is 4.79 Å². The van der Waals surface area contributed by atoms with Crippen molar-refractivity contribution in [1.29, 1.82) is 0 Å². The number of ether oxygens (including phenoxy) is 1. The van der Waals surface area contributed by atoms with Crippen molar-refractivity contribution in [2.75, 3.05) is 0 Å². The van der Waals surface area contributed by atoms with Gasteiger partial charge in [-0.15, -0.1) is 0 Å². The fourth-order valence-electron chi connectivity index (χ4n) is 1.85. The molecule has 0 bridgehead atoms. The van der Waals surface area contributed by atoms with Gasteiger partial charge in [0.2, 0.25) is 5.90 Å². The van der Waals surface area contributed by atoms with Gasteiger partial charge in [0.1, 0.15) is 11.5 Å². The molecule has 0 amide bonds. The highest BCUT2D eigenvalue weighted by Gasteiger charge is 2.26. The molecule has 2 aromatic rings. The lowest BCUT2D eigenvalue weighted by Crippen LogP contribution is -2.06. The number of aryl methyl sites for hydroxylation is 1. The van der Waals surface area contributed by atoms with Gasteiger partial charge >= 0.3 is 5.97 Å². The second kappa shape index (κ2) is 5.39. The third-order valence-corrected chi connectivity index (χ3v) is 3.38. The van der Waals surface area contributed by atoms with Gasteiger partial charge in [-0.2, -0.15) is 0 Å². The number of esters is 1. The zero-order valence-corrected chi connectivity index (χ0v) is 12.4. The Morgan fingerprint density at radius 2 is 2.00 bits per heavy atom. The molecule has 0 saturated carbocycles. The zero-order valence-electron chi connectivity index (χ0n) is 10.9. The third-order valence-electron chi connectivity index (χ3n) is 2.82. The van der Waals surface area contributed by atoms with Crippen LogP contribution in [0.1, 0.15) is 17.1 Å². The molecule has 1 aliphatic rings. The van der Waals surface area contributed by atoms with Crippen molar-refractivity contribution in [3.63, 3.8) is 0 Å². The maximum atomic E-state index is 11.8. The van der Waals surface area contributed by atoms with Gasteiger partial charge in [0.25, 0.3) is 0 Å². The lowest BCUT2D eigenvalue weighted by molar-refractivity contribution is -0.129. The number of furan rings is 1. The van der Waals surface area contributed by atoms with Gasteiger partial charge in [0.05, 0.1) is 10.6 Å². The molecular weight excluding hydrogens is 313 g/mol. The van der Waals surface area contributed by atoms with Crippen molar-refractivity contribution in [2.24, 2.45) is 4.99 Å². The van der Waals surface area contributed by atoms with Crippen LogP contribution in [-0.2, 0) is 9.53 Å². The molecule has 0 aliphatic carbocycles. The van der Waals surface area contributed by atoms with Gasteiger partial charge in [-0.1, -0.05) is 23.2 Å². The van der Waals surface area contributed by atoms with E-state index in [1.807, 2.05) is 6.92 Å². The molecule has 2 heterocycles. The molecule has 0 N–H and O–H groups in total. The van der Waals surface area contributed by atoms with Gasteiger partial charge < -0.3 is 9.15 Å². The van der Waals surface area contributed by atoms with E-state index in [-0.39, 0.29) is 11.6 Å². The summed E-state index contributed by atoms with van der Waals surface area (Å²) in [6.45, 7) is 1.81. The molecule has 0 unspecified atom stereocenters. The van der Waals surface area contributed by atoms with Crippen LogP contribution in [0.4, 0.5) is 0 Å². The molecule has 3 rings (SSSR count). The SMILES string of the molecule is Cc1ccc(/C=C2/N=C(c3cc(Cl)ccc3Cl)OC2=O)o1. The van der Waals surface area contributed by atoms with Crippen LogP contribution in [0.15, 0.2) is 45.4 Å². The highest BCUT2D eigenvalue weighted by Crippen LogP contribution is 2.26. The number of aliphatic imine (C=N–C) groups is 1. The topological polar surface area (TPSA) is 51.8 Å². The Morgan fingerprint density at radius 3 is 2.71 bits per heavy atom. The Hall–Kier alpha value is -2.04. The number of hydrogen-bond acceptors (Lipinski definition) is 4. The van der Waals surface area contributed by atoms with E-state index in [0.717, 1.165) is 5.76 Å². The Morgan fingerprint density at radius 1 is 1.19 bits per heavy atom. The van der Waals surface area contributed by atoms with Gasteiger partial charge in [-0.05, 0) is 37.3 Å². The summed E-state index contributed by atoms with van der Waals surface area (Å²) in [6.07, 6.45) is 1.51. The van der Waals surface area contributed by atoms with E-state index in [0.29, 0.717) is 21.4 Å². The second-order valence-electron chi connectivity index (χ2n) is 4.41. The first kappa shape index (κ1) is 13.9. The molecule has 0 atom stereocenters. The van der Waals surface area contributed by atoms with Gasteiger partial charge in [-0.3, -0.25) is 0 Å². The molecular formula is C15H9Cl2NO3. The minimum atomic E-state index is -0.560.